The Morgan fingerprint density at radius 2 is 0.660 bits per heavy atom. The van der Waals surface area contributed by atoms with E-state index in [4.69, 9.17) is 15.0 Å². The molecule has 0 saturated heterocycles. The average molecular weight is 743 g/mol. The molecule has 250 valence electrons. The van der Waals surface area contributed by atoms with Gasteiger partial charge in [-0.15, -0.1) is 0 Å². The van der Waals surface area contributed by atoms with E-state index >= 15 is 0 Å². The van der Waals surface area contributed by atoms with Crippen LogP contribution in [0.2, 0.25) is 0 Å². The van der Waals surface area contributed by atoms with Gasteiger partial charge in [0.15, 0.2) is 0 Å². The van der Waals surface area contributed by atoms with Crippen LogP contribution in [0.1, 0.15) is 0 Å². The first-order valence-corrected chi connectivity index (χ1v) is 18.6. The van der Waals surface area contributed by atoms with Crippen molar-refractivity contribution in [2.75, 3.05) is 0 Å². The molecule has 3 nitrogen and oxygen atoms in total. The van der Waals surface area contributed by atoms with Crippen molar-refractivity contribution in [2.45, 2.75) is 0 Å². The molecular weight excluding hydrogens is 710 g/mol. The monoisotopic (exact) mass is 743 g/mol. The van der Waals surface area contributed by atoms with Crippen molar-refractivity contribution in [3.8, 4) is 78.7 Å². The number of fused-ring (bicyclic) bond motifs is 1. The van der Waals surface area contributed by atoms with Crippen LogP contribution in [0.4, 0.5) is 0 Å². The van der Waals surface area contributed by atoms with Crippen LogP contribution in [-0.2, 0) is 0 Å². The average Bonchev–Trinajstić information content (AvgIpc) is 3.24. The van der Waals surface area contributed by atoms with Crippen molar-refractivity contribution in [3.05, 3.63) is 194 Å². The van der Waals surface area contributed by atoms with E-state index in [-0.39, 0.29) is 0 Å². The van der Waals surface area contributed by atoms with Crippen molar-refractivity contribution in [1.82, 2.24) is 15.0 Å². The van der Waals surface area contributed by atoms with E-state index in [9.17, 15) is 0 Å². The van der Waals surface area contributed by atoms with Crippen LogP contribution in [0.5, 0.6) is 0 Å². The molecule has 4 heteroatoms. The van der Waals surface area contributed by atoms with Crippen LogP contribution in [0.3, 0.4) is 0 Å². The molecule has 0 aliphatic heterocycles. The second-order valence-corrected chi connectivity index (χ2v) is 13.9. The Hall–Kier alpha value is -6.45. The summed E-state index contributed by atoms with van der Waals surface area (Å²) in [5, 5.41) is 2.23. The molecular formula is C49H33N3Se. The van der Waals surface area contributed by atoms with Gasteiger partial charge >= 0.3 is 271 Å². The van der Waals surface area contributed by atoms with Crippen LogP contribution >= 0.6 is 0 Å². The van der Waals surface area contributed by atoms with Gasteiger partial charge in [0.25, 0.3) is 0 Å². The Balaban J connectivity index is 1.15. The minimum absolute atomic E-state index is 0.639. The third-order valence-corrected chi connectivity index (χ3v) is 10.7. The summed E-state index contributed by atoms with van der Waals surface area (Å²) < 4.78 is 1.18. The molecule has 53 heavy (non-hydrogen) atoms. The molecule has 9 rings (SSSR count). The van der Waals surface area contributed by atoms with E-state index in [0.717, 1.165) is 38.6 Å². The maximum atomic E-state index is 5.13. The van der Waals surface area contributed by atoms with Gasteiger partial charge in [-0.2, -0.15) is 0 Å². The molecule has 8 aromatic carbocycles. The summed E-state index contributed by atoms with van der Waals surface area (Å²) in [7, 11) is 0. The van der Waals surface area contributed by atoms with Crippen LogP contribution in [0.15, 0.2) is 194 Å². The van der Waals surface area contributed by atoms with E-state index in [1.807, 2.05) is 36.4 Å². The molecule has 0 amide bonds. The van der Waals surface area contributed by atoms with E-state index in [2.05, 4.69) is 174 Å². The molecule has 0 unspecified atom stereocenters. The van der Waals surface area contributed by atoms with Gasteiger partial charge in [-0.25, -0.2) is 0 Å². The predicted octanol–water partition coefficient (Wildman–Crippen LogP) is 11.2. The Bertz CT molecular complexity index is 2710. The fourth-order valence-corrected chi connectivity index (χ4v) is 7.85. The Morgan fingerprint density at radius 1 is 0.264 bits per heavy atom. The second-order valence-electron chi connectivity index (χ2n) is 13.0. The molecule has 0 atom stereocenters. The van der Waals surface area contributed by atoms with E-state index in [0.29, 0.717) is 17.5 Å². The molecule has 9 aromatic rings. The topological polar surface area (TPSA) is 38.7 Å². The predicted molar refractivity (Wildman–Crippen MR) is 222 cm³/mol. The molecule has 0 aliphatic carbocycles. The van der Waals surface area contributed by atoms with Gasteiger partial charge < -0.3 is 0 Å². The van der Waals surface area contributed by atoms with Gasteiger partial charge in [0.1, 0.15) is 0 Å². The zero-order chi connectivity index (χ0) is 35.6. The van der Waals surface area contributed by atoms with E-state index in [1.54, 1.807) is 0 Å². The molecule has 0 N–H and O–H groups in total. The molecule has 1 aromatic heterocycles. The van der Waals surface area contributed by atoms with Crippen molar-refractivity contribution in [3.63, 3.8) is 0 Å². The standard InChI is InChI=1S/C49H33N3Se/c53-46-40(39-21-10-20-38(32-39)34-16-6-2-7-17-34)22-11-26-44(46)42-24-12-25-43-41(42)23-13-27-45(43)49-51-47(36-18-8-3-9-19-36)50-48(52-49)37-30-28-35(29-31-37)33-14-4-1-5-15-33/h1-32,53H. The zero-order valence-corrected chi connectivity index (χ0v) is 30.6. The van der Waals surface area contributed by atoms with Crippen molar-refractivity contribution < 1.29 is 0 Å². The SMILES string of the molecule is [SeH]c1c(-c2cccc(-c3ccccc3)c2)cccc1-c1cccc2c(-c3nc(-c4ccccc4)nc(-c4ccc(-c5ccccc5)cc4)n3)cccc12. The van der Waals surface area contributed by atoms with Crippen LogP contribution in [-0.4, -0.2) is 31.0 Å². The molecule has 0 radical (unpaired) electrons. The summed E-state index contributed by atoms with van der Waals surface area (Å²) >= 11 is 2.84. The minimum atomic E-state index is 0.639. The fourth-order valence-electron chi connectivity index (χ4n) is 7.01. The third-order valence-electron chi connectivity index (χ3n) is 9.69. The summed E-state index contributed by atoms with van der Waals surface area (Å²) in [6.45, 7) is 0. The second kappa shape index (κ2) is 14.3. The summed E-state index contributed by atoms with van der Waals surface area (Å²) in [5.41, 5.74) is 12.3. The maximum absolute atomic E-state index is 5.13. The summed E-state index contributed by atoms with van der Waals surface area (Å²) in [6.07, 6.45) is 0. The van der Waals surface area contributed by atoms with E-state index in [1.165, 1.54) is 37.8 Å². The number of nitrogens with zero attached hydrogens (tertiary/aromatic N) is 3. The normalized spacial score (nSPS) is 11.1. The third kappa shape index (κ3) is 6.47. The number of hydrogen-bond acceptors (Lipinski definition) is 3. The van der Waals surface area contributed by atoms with Gasteiger partial charge in [-0.1, -0.05) is 36.4 Å². The first-order chi connectivity index (χ1) is 26.2. The molecule has 0 saturated carbocycles. The molecule has 0 bridgehead atoms. The molecule has 0 aliphatic rings. The molecule has 0 fully saturated rings. The quantitative estimate of drug-likeness (QED) is 0.153. The van der Waals surface area contributed by atoms with Crippen molar-refractivity contribution in [1.29, 1.82) is 0 Å². The summed E-state index contributed by atoms with van der Waals surface area (Å²) in [5.74, 6) is 1.92. The van der Waals surface area contributed by atoms with Crippen LogP contribution < -0.4 is 4.46 Å². The number of aromatic nitrogens is 3. The molecule has 1 heterocycles. The van der Waals surface area contributed by atoms with Gasteiger partial charge in [-0.05, 0) is 11.1 Å². The van der Waals surface area contributed by atoms with Gasteiger partial charge in [-0.3, -0.25) is 0 Å². The van der Waals surface area contributed by atoms with Crippen molar-refractivity contribution in [2.24, 2.45) is 0 Å². The summed E-state index contributed by atoms with van der Waals surface area (Å²) in [6, 6.07) is 67.9. The zero-order valence-electron chi connectivity index (χ0n) is 28.8. The van der Waals surface area contributed by atoms with Gasteiger partial charge in [0, 0.05) is 0 Å². The number of hydrogen-bond donors (Lipinski definition) is 0. The number of benzene rings is 8. The Labute approximate surface area is 317 Å². The van der Waals surface area contributed by atoms with Gasteiger partial charge in [0.05, 0.1) is 0 Å². The summed E-state index contributed by atoms with van der Waals surface area (Å²) in [4.78, 5) is 15.2. The Morgan fingerprint density at radius 3 is 1.32 bits per heavy atom. The number of rotatable bonds is 7. The van der Waals surface area contributed by atoms with Gasteiger partial charge in [0.2, 0.25) is 0 Å². The fraction of sp³-hybridized carbons (Fsp3) is 0. The Kier molecular flexibility index (Phi) is 8.75. The van der Waals surface area contributed by atoms with Crippen LogP contribution in [0.25, 0.3) is 89.4 Å². The van der Waals surface area contributed by atoms with E-state index < -0.39 is 0 Å². The van der Waals surface area contributed by atoms with Crippen LogP contribution in [0, 0.1) is 0 Å². The first kappa shape index (κ1) is 32.5. The van der Waals surface area contributed by atoms with Crippen molar-refractivity contribution >= 4 is 31.2 Å². The molecule has 0 spiro atoms. The first-order valence-electron chi connectivity index (χ1n) is 17.7.